The van der Waals surface area contributed by atoms with Gasteiger partial charge in [-0.1, -0.05) is 32.1 Å². The molecule has 1 atom stereocenters. The first-order valence-electron chi connectivity index (χ1n) is 4.16. The molecule has 0 aromatic carbocycles. The van der Waals surface area contributed by atoms with Crippen LogP contribution in [0.4, 0.5) is 0 Å². The Kier molecular flexibility index (Phi) is 2.50. The molecule has 1 rings (SSSR count). The normalized spacial score (nSPS) is 25.6. The maximum absolute atomic E-state index is 9.46. The topological polar surface area (TPSA) is 20.2 Å². The Morgan fingerprint density at radius 1 is 1.64 bits per heavy atom. The molecule has 11 heavy (non-hydrogen) atoms. The molecular weight excluding hydrogens is 136 g/mol. The third-order valence-corrected chi connectivity index (χ3v) is 2.27. The number of hydrogen-bond donors (Lipinski definition) is 1. The van der Waals surface area contributed by atoms with E-state index < -0.39 is 0 Å². The van der Waals surface area contributed by atoms with E-state index in [2.05, 4.69) is 26.5 Å². The van der Waals surface area contributed by atoms with Gasteiger partial charge in [-0.3, -0.25) is 0 Å². The molecule has 0 heterocycles. The zero-order valence-electron chi connectivity index (χ0n) is 7.30. The minimum atomic E-state index is -0.294. The Hall–Kier alpha value is -0.560. The first kappa shape index (κ1) is 8.54. The maximum Gasteiger partial charge on any atom is 0.0787 e. The largest absolute Gasteiger partial charge is 0.388 e. The molecule has 0 aromatic rings. The van der Waals surface area contributed by atoms with Crippen molar-refractivity contribution < 1.29 is 5.11 Å². The van der Waals surface area contributed by atoms with Crippen molar-refractivity contribution in [2.24, 2.45) is 5.92 Å². The first-order chi connectivity index (χ1) is 5.11. The predicted molar refractivity (Wildman–Crippen MR) is 47.3 cm³/mol. The molecule has 0 radical (unpaired) electrons. The van der Waals surface area contributed by atoms with E-state index in [-0.39, 0.29) is 6.10 Å². The van der Waals surface area contributed by atoms with Crippen molar-refractivity contribution in [2.75, 3.05) is 0 Å². The van der Waals surface area contributed by atoms with E-state index >= 15 is 0 Å². The maximum atomic E-state index is 9.46. The van der Waals surface area contributed by atoms with Gasteiger partial charge in [-0.25, -0.2) is 0 Å². The van der Waals surface area contributed by atoms with Crippen molar-refractivity contribution in [3.05, 3.63) is 23.8 Å². The van der Waals surface area contributed by atoms with Gasteiger partial charge in [-0.15, -0.1) is 0 Å². The molecule has 0 bridgehead atoms. The minimum Gasteiger partial charge on any atom is -0.388 e. The van der Waals surface area contributed by atoms with E-state index in [1.807, 2.05) is 0 Å². The van der Waals surface area contributed by atoms with E-state index in [9.17, 15) is 5.11 Å². The van der Waals surface area contributed by atoms with E-state index in [1.165, 1.54) is 5.57 Å². The standard InChI is InChI=1S/C10H16O/c1-7(2)9-5-4-8(3)10(11)6-9/h5,7,10-11H,3-4,6H2,1-2H3. The van der Waals surface area contributed by atoms with Gasteiger partial charge in [0.1, 0.15) is 0 Å². The number of rotatable bonds is 1. The zero-order chi connectivity index (χ0) is 8.43. The van der Waals surface area contributed by atoms with E-state index in [1.54, 1.807) is 0 Å². The van der Waals surface area contributed by atoms with Gasteiger partial charge in [0.25, 0.3) is 0 Å². The van der Waals surface area contributed by atoms with Crippen LogP contribution < -0.4 is 0 Å². The second-order valence-electron chi connectivity index (χ2n) is 3.52. The summed E-state index contributed by atoms with van der Waals surface area (Å²) in [5.74, 6) is 0.567. The van der Waals surface area contributed by atoms with E-state index in [0.717, 1.165) is 18.4 Å². The molecule has 0 aromatic heterocycles. The summed E-state index contributed by atoms with van der Waals surface area (Å²) in [6.07, 6.45) is 3.54. The van der Waals surface area contributed by atoms with Crippen LogP contribution in [0.25, 0.3) is 0 Å². The highest BCUT2D eigenvalue weighted by atomic mass is 16.3. The smallest absolute Gasteiger partial charge is 0.0787 e. The summed E-state index contributed by atoms with van der Waals surface area (Å²) in [4.78, 5) is 0. The highest BCUT2D eigenvalue weighted by Gasteiger charge is 2.17. The van der Waals surface area contributed by atoms with Crippen LogP contribution in [0, 0.1) is 5.92 Å². The molecule has 0 saturated carbocycles. The van der Waals surface area contributed by atoms with Gasteiger partial charge in [0, 0.05) is 0 Å². The van der Waals surface area contributed by atoms with Gasteiger partial charge in [0.05, 0.1) is 6.10 Å². The molecule has 1 nitrogen and oxygen atoms in total. The fourth-order valence-electron chi connectivity index (χ4n) is 1.32. The SMILES string of the molecule is C=C1CC=C(C(C)C)CC1O. The Morgan fingerprint density at radius 3 is 2.73 bits per heavy atom. The van der Waals surface area contributed by atoms with Crippen molar-refractivity contribution in [3.8, 4) is 0 Å². The van der Waals surface area contributed by atoms with Gasteiger partial charge >= 0.3 is 0 Å². The summed E-state index contributed by atoms with van der Waals surface area (Å²) < 4.78 is 0. The van der Waals surface area contributed by atoms with Crippen molar-refractivity contribution >= 4 is 0 Å². The van der Waals surface area contributed by atoms with Crippen molar-refractivity contribution in [3.63, 3.8) is 0 Å². The first-order valence-corrected chi connectivity index (χ1v) is 4.16. The lowest BCUT2D eigenvalue weighted by molar-refractivity contribution is 0.202. The number of hydrogen-bond acceptors (Lipinski definition) is 1. The van der Waals surface area contributed by atoms with Crippen LogP contribution in [0.1, 0.15) is 26.7 Å². The lowest BCUT2D eigenvalue weighted by atomic mass is 9.87. The Bertz CT molecular complexity index is 189. The molecule has 0 saturated heterocycles. The number of allylic oxidation sites excluding steroid dienone is 1. The summed E-state index contributed by atoms with van der Waals surface area (Å²) >= 11 is 0. The second kappa shape index (κ2) is 3.22. The molecule has 1 heteroatoms. The van der Waals surface area contributed by atoms with Crippen molar-refractivity contribution in [2.45, 2.75) is 32.8 Å². The van der Waals surface area contributed by atoms with Crippen LogP contribution in [0.5, 0.6) is 0 Å². The molecule has 0 aliphatic heterocycles. The average Bonchev–Trinajstić information content (AvgIpc) is 1.94. The third kappa shape index (κ3) is 1.93. The predicted octanol–water partition coefficient (Wildman–Crippen LogP) is 2.28. The van der Waals surface area contributed by atoms with Crippen LogP contribution in [-0.4, -0.2) is 11.2 Å². The van der Waals surface area contributed by atoms with Gasteiger partial charge in [0.15, 0.2) is 0 Å². The quantitative estimate of drug-likeness (QED) is 0.571. The Balaban J connectivity index is 2.66. The molecule has 0 fully saturated rings. The Morgan fingerprint density at radius 2 is 2.27 bits per heavy atom. The van der Waals surface area contributed by atoms with Gasteiger partial charge in [-0.05, 0) is 24.3 Å². The molecule has 1 aliphatic carbocycles. The summed E-state index contributed by atoms with van der Waals surface area (Å²) in [5, 5.41) is 9.46. The molecule has 1 N–H and O–H groups in total. The number of aliphatic hydroxyl groups excluding tert-OH is 1. The van der Waals surface area contributed by atoms with E-state index in [4.69, 9.17) is 0 Å². The summed E-state index contributed by atoms with van der Waals surface area (Å²) in [7, 11) is 0. The molecule has 1 aliphatic rings. The highest BCUT2D eigenvalue weighted by Crippen LogP contribution is 2.26. The van der Waals surface area contributed by atoms with Crippen LogP contribution in [0.2, 0.25) is 0 Å². The van der Waals surface area contributed by atoms with Gasteiger partial charge < -0.3 is 5.11 Å². The lowest BCUT2D eigenvalue weighted by Crippen LogP contribution is -2.16. The van der Waals surface area contributed by atoms with Crippen molar-refractivity contribution in [1.82, 2.24) is 0 Å². The van der Waals surface area contributed by atoms with E-state index in [0.29, 0.717) is 5.92 Å². The third-order valence-electron chi connectivity index (χ3n) is 2.27. The lowest BCUT2D eigenvalue weighted by Gasteiger charge is -2.22. The highest BCUT2D eigenvalue weighted by molar-refractivity contribution is 5.22. The summed E-state index contributed by atoms with van der Waals surface area (Å²) in [6, 6.07) is 0. The minimum absolute atomic E-state index is 0.294. The fraction of sp³-hybridized carbons (Fsp3) is 0.600. The summed E-state index contributed by atoms with van der Waals surface area (Å²) in [5.41, 5.74) is 2.32. The molecule has 62 valence electrons. The number of aliphatic hydroxyl groups is 1. The summed E-state index contributed by atoms with van der Waals surface area (Å²) in [6.45, 7) is 8.11. The van der Waals surface area contributed by atoms with Gasteiger partial charge in [-0.2, -0.15) is 0 Å². The molecule has 0 amide bonds. The van der Waals surface area contributed by atoms with Crippen LogP contribution >= 0.6 is 0 Å². The average molecular weight is 152 g/mol. The van der Waals surface area contributed by atoms with Crippen LogP contribution in [0.15, 0.2) is 23.8 Å². The zero-order valence-corrected chi connectivity index (χ0v) is 7.30. The molecule has 1 unspecified atom stereocenters. The fourth-order valence-corrected chi connectivity index (χ4v) is 1.32. The van der Waals surface area contributed by atoms with Crippen LogP contribution in [0.3, 0.4) is 0 Å². The Labute approximate surface area is 68.4 Å². The monoisotopic (exact) mass is 152 g/mol. The second-order valence-corrected chi connectivity index (χ2v) is 3.52. The van der Waals surface area contributed by atoms with Crippen LogP contribution in [-0.2, 0) is 0 Å². The van der Waals surface area contributed by atoms with Gasteiger partial charge in [0.2, 0.25) is 0 Å². The van der Waals surface area contributed by atoms with Crippen molar-refractivity contribution in [1.29, 1.82) is 0 Å². The molecular formula is C10H16O. The molecule has 0 spiro atoms.